The summed E-state index contributed by atoms with van der Waals surface area (Å²) in [7, 11) is 0. The second-order valence-corrected chi connectivity index (χ2v) is 6.23. The van der Waals surface area contributed by atoms with Gasteiger partial charge in [0.2, 0.25) is 5.91 Å². The molecule has 1 amide bonds. The van der Waals surface area contributed by atoms with Gasteiger partial charge in [0.1, 0.15) is 0 Å². The number of hydrogen-bond donors (Lipinski definition) is 0. The molecule has 2 rings (SSSR count). The summed E-state index contributed by atoms with van der Waals surface area (Å²) in [5, 5.41) is 0.931. The average molecular weight is 319 g/mol. The molecule has 0 N–H and O–H groups in total. The second-order valence-electron chi connectivity index (χ2n) is 5.58. The van der Waals surface area contributed by atoms with Crippen LogP contribution in [-0.2, 0) is 9.53 Å². The van der Waals surface area contributed by atoms with Gasteiger partial charge in [0.15, 0.2) is 0 Å². The van der Waals surface area contributed by atoms with Gasteiger partial charge >= 0.3 is 0 Å². The highest BCUT2D eigenvalue weighted by atomic mass is 79.9. The van der Waals surface area contributed by atoms with Gasteiger partial charge in [-0.2, -0.15) is 0 Å². The Bertz CT molecular complexity index is 291. The number of nitrogens with zero attached hydrogens (tertiary/aromatic N) is 2. The Morgan fingerprint density at radius 3 is 2.44 bits per heavy atom. The molecule has 5 heteroatoms. The summed E-state index contributed by atoms with van der Waals surface area (Å²) in [6.07, 6.45) is 1.32. The summed E-state index contributed by atoms with van der Waals surface area (Å²) in [5.74, 6) is 0.814. The van der Waals surface area contributed by atoms with Crippen molar-refractivity contribution >= 4 is 21.8 Å². The third-order valence-corrected chi connectivity index (χ3v) is 4.61. The van der Waals surface area contributed by atoms with E-state index in [1.807, 2.05) is 4.90 Å². The van der Waals surface area contributed by atoms with Gasteiger partial charge in [-0.05, 0) is 19.8 Å². The standard InChI is InChI=1S/C13H23BrN2O2/c1-10-7-15(8-11(2)18-10)3-4-16-9-12(6-14)5-13(16)17/h10-12H,3-9H2,1-2H3/t10-,11+,12?. The third kappa shape index (κ3) is 3.68. The van der Waals surface area contributed by atoms with E-state index in [0.29, 0.717) is 30.5 Å². The maximum absolute atomic E-state index is 11.8. The smallest absolute Gasteiger partial charge is 0.222 e. The second kappa shape index (κ2) is 6.35. The Kier molecular flexibility index (Phi) is 5.04. The fourth-order valence-corrected chi connectivity index (χ4v) is 3.34. The van der Waals surface area contributed by atoms with Crippen LogP contribution in [0.4, 0.5) is 0 Å². The average Bonchev–Trinajstić information content (AvgIpc) is 2.66. The van der Waals surface area contributed by atoms with Crippen molar-refractivity contribution in [3.05, 3.63) is 0 Å². The summed E-state index contributed by atoms with van der Waals surface area (Å²) >= 11 is 3.47. The van der Waals surface area contributed by atoms with Gasteiger partial charge in [0.25, 0.3) is 0 Å². The molecule has 0 spiro atoms. The van der Waals surface area contributed by atoms with Crippen LogP contribution in [0.2, 0.25) is 0 Å². The normalized spacial score (nSPS) is 34.3. The number of halogens is 1. The minimum absolute atomic E-state index is 0.304. The topological polar surface area (TPSA) is 32.8 Å². The molecule has 1 unspecified atom stereocenters. The minimum Gasteiger partial charge on any atom is -0.373 e. The van der Waals surface area contributed by atoms with Gasteiger partial charge in [-0.3, -0.25) is 9.69 Å². The number of carbonyl (C=O) groups excluding carboxylic acids is 1. The Balaban J connectivity index is 1.76. The Labute approximate surface area is 118 Å². The predicted octanol–water partition coefficient (Wildman–Crippen LogP) is 1.34. The summed E-state index contributed by atoms with van der Waals surface area (Å²) < 4.78 is 5.72. The lowest BCUT2D eigenvalue weighted by molar-refractivity contribution is -0.128. The summed E-state index contributed by atoms with van der Waals surface area (Å²) in [4.78, 5) is 16.2. The van der Waals surface area contributed by atoms with Crippen LogP contribution in [0.3, 0.4) is 0 Å². The fraction of sp³-hybridized carbons (Fsp3) is 0.923. The van der Waals surface area contributed by atoms with E-state index in [0.717, 1.165) is 38.1 Å². The highest BCUT2D eigenvalue weighted by Crippen LogP contribution is 2.19. The van der Waals surface area contributed by atoms with Crippen LogP contribution in [0.5, 0.6) is 0 Å². The molecule has 2 aliphatic rings. The molecule has 2 fully saturated rings. The van der Waals surface area contributed by atoms with E-state index in [-0.39, 0.29) is 0 Å². The van der Waals surface area contributed by atoms with Crippen molar-refractivity contribution in [1.82, 2.24) is 9.80 Å². The lowest BCUT2D eigenvalue weighted by atomic mass is 10.2. The number of likely N-dealkylation sites (tertiary alicyclic amines) is 1. The van der Waals surface area contributed by atoms with Crippen molar-refractivity contribution in [2.24, 2.45) is 5.92 Å². The molecular weight excluding hydrogens is 296 g/mol. The molecule has 0 aliphatic carbocycles. The van der Waals surface area contributed by atoms with Gasteiger partial charge in [-0.1, -0.05) is 15.9 Å². The number of ether oxygens (including phenoxy) is 1. The zero-order chi connectivity index (χ0) is 13.1. The molecule has 2 aliphatic heterocycles. The quantitative estimate of drug-likeness (QED) is 0.733. The van der Waals surface area contributed by atoms with E-state index in [1.54, 1.807) is 0 Å². The number of morpholine rings is 1. The Morgan fingerprint density at radius 1 is 1.22 bits per heavy atom. The minimum atomic E-state index is 0.304. The maximum atomic E-state index is 11.8. The van der Waals surface area contributed by atoms with Crippen molar-refractivity contribution in [1.29, 1.82) is 0 Å². The lowest BCUT2D eigenvalue weighted by Crippen LogP contribution is -2.48. The van der Waals surface area contributed by atoms with Crippen LogP contribution in [0.25, 0.3) is 0 Å². The van der Waals surface area contributed by atoms with Crippen molar-refractivity contribution in [3.8, 4) is 0 Å². The molecule has 3 atom stereocenters. The third-order valence-electron chi connectivity index (χ3n) is 3.69. The first-order valence-electron chi connectivity index (χ1n) is 6.80. The zero-order valence-electron chi connectivity index (χ0n) is 11.3. The first-order chi connectivity index (χ1) is 8.58. The highest BCUT2D eigenvalue weighted by molar-refractivity contribution is 9.09. The molecular formula is C13H23BrN2O2. The van der Waals surface area contributed by atoms with Crippen LogP contribution in [0, 0.1) is 5.92 Å². The van der Waals surface area contributed by atoms with E-state index >= 15 is 0 Å². The van der Waals surface area contributed by atoms with Crippen molar-refractivity contribution in [2.75, 3.05) is 38.1 Å². The molecule has 0 saturated carbocycles. The van der Waals surface area contributed by atoms with E-state index in [4.69, 9.17) is 4.74 Å². The zero-order valence-corrected chi connectivity index (χ0v) is 12.9. The van der Waals surface area contributed by atoms with E-state index in [1.165, 1.54) is 0 Å². The Morgan fingerprint density at radius 2 is 1.89 bits per heavy atom. The van der Waals surface area contributed by atoms with Crippen LogP contribution in [0.15, 0.2) is 0 Å². The van der Waals surface area contributed by atoms with Gasteiger partial charge in [-0.25, -0.2) is 0 Å². The number of amides is 1. The van der Waals surface area contributed by atoms with E-state index in [9.17, 15) is 4.79 Å². The molecule has 2 heterocycles. The molecule has 0 aromatic rings. The molecule has 4 nitrogen and oxygen atoms in total. The van der Waals surface area contributed by atoms with Gasteiger partial charge in [0.05, 0.1) is 12.2 Å². The molecule has 0 aromatic carbocycles. The summed E-state index contributed by atoms with van der Waals surface area (Å²) in [6, 6.07) is 0. The number of rotatable bonds is 4. The van der Waals surface area contributed by atoms with Gasteiger partial charge < -0.3 is 9.64 Å². The summed E-state index contributed by atoms with van der Waals surface area (Å²) in [6.45, 7) is 8.94. The highest BCUT2D eigenvalue weighted by Gasteiger charge is 2.29. The Hall–Kier alpha value is -0.130. The molecule has 2 saturated heterocycles. The molecule has 18 heavy (non-hydrogen) atoms. The van der Waals surface area contributed by atoms with Crippen molar-refractivity contribution in [3.63, 3.8) is 0 Å². The van der Waals surface area contributed by atoms with Crippen LogP contribution in [-0.4, -0.2) is 66.0 Å². The fourth-order valence-electron chi connectivity index (χ4n) is 2.90. The molecule has 104 valence electrons. The van der Waals surface area contributed by atoms with Gasteiger partial charge in [0, 0.05) is 44.5 Å². The van der Waals surface area contributed by atoms with Crippen LogP contribution in [0.1, 0.15) is 20.3 Å². The van der Waals surface area contributed by atoms with Crippen LogP contribution >= 0.6 is 15.9 Å². The maximum Gasteiger partial charge on any atom is 0.222 e. The first-order valence-corrected chi connectivity index (χ1v) is 7.92. The van der Waals surface area contributed by atoms with E-state index in [2.05, 4.69) is 34.7 Å². The number of carbonyl (C=O) groups is 1. The summed E-state index contributed by atoms with van der Waals surface area (Å²) in [5.41, 5.74) is 0. The van der Waals surface area contributed by atoms with Crippen molar-refractivity contribution in [2.45, 2.75) is 32.5 Å². The molecule has 0 aromatic heterocycles. The van der Waals surface area contributed by atoms with Crippen LogP contribution < -0.4 is 0 Å². The number of alkyl halides is 1. The van der Waals surface area contributed by atoms with Crippen molar-refractivity contribution < 1.29 is 9.53 Å². The first kappa shape index (κ1) is 14.3. The monoisotopic (exact) mass is 318 g/mol. The predicted molar refractivity (Wildman–Crippen MR) is 74.9 cm³/mol. The van der Waals surface area contributed by atoms with E-state index < -0.39 is 0 Å². The SMILES string of the molecule is C[C@@H]1CN(CCN2CC(CBr)CC2=O)C[C@H](C)O1. The number of hydrogen-bond acceptors (Lipinski definition) is 3. The molecule has 0 radical (unpaired) electrons. The van der Waals surface area contributed by atoms with Gasteiger partial charge in [-0.15, -0.1) is 0 Å². The lowest BCUT2D eigenvalue weighted by Gasteiger charge is -2.36. The molecule has 0 bridgehead atoms. The largest absolute Gasteiger partial charge is 0.373 e.